The van der Waals surface area contributed by atoms with E-state index < -0.39 is 11.8 Å². The summed E-state index contributed by atoms with van der Waals surface area (Å²) in [4.78, 5) is 23.6. The molecule has 0 radical (unpaired) electrons. The van der Waals surface area contributed by atoms with Gasteiger partial charge >= 0.3 is 0 Å². The molecule has 2 amide bonds. The van der Waals surface area contributed by atoms with E-state index in [2.05, 4.69) is 16.2 Å². The van der Waals surface area contributed by atoms with E-state index in [0.717, 1.165) is 5.56 Å². The van der Waals surface area contributed by atoms with Crippen LogP contribution in [0.1, 0.15) is 31.1 Å². The van der Waals surface area contributed by atoms with Crippen molar-refractivity contribution in [2.75, 3.05) is 6.61 Å². The van der Waals surface area contributed by atoms with Crippen LogP contribution in [0.15, 0.2) is 53.2 Å². The fraction of sp³-hybridized carbons (Fsp3) is 0.211. The molecule has 1 aromatic carbocycles. The maximum atomic E-state index is 11.9. The van der Waals surface area contributed by atoms with Gasteiger partial charge in [0, 0.05) is 6.08 Å². The Morgan fingerprint density at radius 2 is 1.96 bits per heavy atom. The van der Waals surface area contributed by atoms with E-state index in [1.165, 1.54) is 18.4 Å². The fourth-order valence-electron chi connectivity index (χ4n) is 2.12. The van der Waals surface area contributed by atoms with Crippen molar-refractivity contribution in [3.8, 4) is 5.75 Å². The van der Waals surface area contributed by atoms with Gasteiger partial charge in [-0.2, -0.15) is 0 Å². The Labute approximate surface area is 162 Å². The predicted molar refractivity (Wildman–Crippen MR) is 106 cm³/mol. The van der Waals surface area contributed by atoms with Crippen molar-refractivity contribution < 1.29 is 18.7 Å². The van der Waals surface area contributed by atoms with E-state index in [9.17, 15) is 9.59 Å². The number of nitrogens with one attached hydrogen (secondary N) is 3. The molecule has 3 N–H and O–H groups in total. The SMILES string of the molecule is CC(C)c1ccccc1OCC(=O)NNC(=S)NC(=O)C=Cc1ccco1. The first kappa shape index (κ1) is 20.2. The Kier molecular flexibility index (Phi) is 7.57. The van der Waals surface area contributed by atoms with Crippen LogP contribution in [0.5, 0.6) is 5.75 Å². The first-order valence-corrected chi connectivity index (χ1v) is 8.69. The average molecular weight is 387 g/mol. The Bertz CT molecular complexity index is 816. The highest BCUT2D eigenvalue weighted by Gasteiger charge is 2.09. The molecular weight excluding hydrogens is 366 g/mol. The Morgan fingerprint density at radius 1 is 1.19 bits per heavy atom. The minimum Gasteiger partial charge on any atom is -0.483 e. The molecule has 0 saturated heterocycles. The van der Waals surface area contributed by atoms with E-state index in [4.69, 9.17) is 21.4 Å². The second kappa shape index (κ2) is 10.1. The molecule has 2 rings (SSSR count). The summed E-state index contributed by atoms with van der Waals surface area (Å²) in [5.74, 6) is 0.578. The maximum absolute atomic E-state index is 11.9. The predicted octanol–water partition coefficient (Wildman–Crippen LogP) is 2.52. The minimum absolute atomic E-state index is 0.0416. The molecule has 0 aliphatic rings. The van der Waals surface area contributed by atoms with Crippen LogP contribution in [0.3, 0.4) is 0 Å². The zero-order valence-electron chi connectivity index (χ0n) is 15.0. The first-order valence-electron chi connectivity index (χ1n) is 8.29. The number of rotatable bonds is 6. The second-order valence-electron chi connectivity index (χ2n) is 5.82. The van der Waals surface area contributed by atoms with Gasteiger partial charge in [-0.1, -0.05) is 32.0 Å². The summed E-state index contributed by atoms with van der Waals surface area (Å²) < 4.78 is 10.6. The molecule has 0 aliphatic carbocycles. The third-order valence-corrected chi connectivity index (χ3v) is 3.60. The minimum atomic E-state index is -0.458. The summed E-state index contributed by atoms with van der Waals surface area (Å²) in [5.41, 5.74) is 5.82. The summed E-state index contributed by atoms with van der Waals surface area (Å²) in [6.07, 6.45) is 4.26. The smallest absolute Gasteiger partial charge is 0.276 e. The van der Waals surface area contributed by atoms with Gasteiger partial charge in [0.05, 0.1) is 6.26 Å². The van der Waals surface area contributed by atoms with Gasteiger partial charge in [-0.05, 0) is 48.0 Å². The normalized spacial score (nSPS) is 10.6. The van der Waals surface area contributed by atoms with Crippen molar-refractivity contribution >= 4 is 35.2 Å². The zero-order chi connectivity index (χ0) is 19.6. The number of hydrazine groups is 1. The number of carbonyl (C=O) groups excluding carboxylic acids is 2. The number of benzene rings is 1. The highest BCUT2D eigenvalue weighted by Crippen LogP contribution is 2.25. The quantitative estimate of drug-likeness (QED) is 0.401. The van der Waals surface area contributed by atoms with E-state index in [1.54, 1.807) is 12.1 Å². The lowest BCUT2D eigenvalue weighted by molar-refractivity contribution is -0.123. The number of hydrogen-bond acceptors (Lipinski definition) is 5. The first-order chi connectivity index (χ1) is 13.0. The lowest BCUT2D eigenvalue weighted by Gasteiger charge is -2.14. The lowest BCUT2D eigenvalue weighted by atomic mass is 10.0. The Balaban J connectivity index is 1.72. The molecule has 142 valence electrons. The number of ether oxygens (including phenoxy) is 1. The number of carbonyl (C=O) groups is 2. The van der Waals surface area contributed by atoms with Gasteiger partial charge in [0.25, 0.3) is 5.91 Å². The van der Waals surface area contributed by atoms with E-state index in [1.807, 2.05) is 38.1 Å². The van der Waals surface area contributed by atoms with E-state index in [-0.39, 0.29) is 17.6 Å². The van der Waals surface area contributed by atoms with Crippen LogP contribution in [-0.4, -0.2) is 23.5 Å². The molecule has 0 fully saturated rings. The van der Waals surface area contributed by atoms with Gasteiger partial charge in [0.1, 0.15) is 11.5 Å². The lowest BCUT2D eigenvalue weighted by Crippen LogP contribution is -2.49. The highest BCUT2D eigenvalue weighted by atomic mass is 32.1. The van der Waals surface area contributed by atoms with Crippen LogP contribution in [0.25, 0.3) is 6.08 Å². The van der Waals surface area contributed by atoms with Crippen LogP contribution < -0.4 is 20.9 Å². The molecule has 0 atom stereocenters. The molecule has 2 aromatic rings. The van der Waals surface area contributed by atoms with Crippen LogP contribution in [0.2, 0.25) is 0 Å². The van der Waals surface area contributed by atoms with E-state index >= 15 is 0 Å². The van der Waals surface area contributed by atoms with E-state index in [0.29, 0.717) is 11.5 Å². The zero-order valence-corrected chi connectivity index (χ0v) is 15.8. The van der Waals surface area contributed by atoms with Gasteiger partial charge in [-0.25, -0.2) is 0 Å². The van der Waals surface area contributed by atoms with Crippen molar-refractivity contribution in [2.45, 2.75) is 19.8 Å². The largest absolute Gasteiger partial charge is 0.483 e. The number of hydrogen-bond donors (Lipinski definition) is 3. The molecule has 8 heteroatoms. The fourth-order valence-corrected chi connectivity index (χ4v) is 2.28. The summed E-state index contributed by atoms with van der Waals surface area (Å²) in [6, 6.07) is 11.0. The molecule has 0 unspecified atom stereocenters. The maximum Gasteiger partial charge on any atom is 0.276 e. The number of thiocarbonyl (C=S) groups is 1. The van der Waals surface area contributed by atoms with Crippen molar-refractivity contribution in [2.24, 2.45) is 0 Å². The number of furan rings is 1. The standard InChI is InChI=1S/C19H21N3O4S/c1-13(2)15-7-3-4-8-16(15)26-12-18(24)21-22-19(27)20-17(23)10-9-14-6-5-11-25-14/h3-11,13H,12H2,1-2H3,(H,21,24)(H2,20,22,23,27). The Morgan fingerprint density at radius 3 is 2.67 bits per heavy atom. The van der Waals surface area contributed by atoms with Crippen molar-refractivity contribution in [3.63, 3.8) is 0 Å². The van der Waals surface area contributed by atoms with Gasteiger partial charge in [0.2, 0.25) is 5.91 Å². The topological polar surface area (TPSA) is 92.6 Å². The second-order valence-corrected chi connectivity index (χ2v) is 6.23. The van der Waals surface area contributed by atoms with Crippen molar-refractivity contribution in [3.05, 3.63) is 60.1 Å². The highest BCUT2D eigenvalue weighted by molar-refractivity contribution is 7.80. The molecule has 0 aliphatic heterocycles. The van der Waals surface area contributed by atoms with Crippen LogP contribution >= 0.6 is 12.2 Å². The summed E-state index contributed by atoms with van der Waals surface area (Å²) >= 11 is 4.94. The molecule has 7 nitrogen and oxygen atoms in total. The third kappa shape index (κ3) is 6.95. The van der Waals surface area contributed by atoms with Crippen LogP contribution in [-0.2, 0) is 9.59 Å². The monoisotopic (exact) mass is 387 g/mol. The molecule has 1 aromatic heterocycles. The molecule has 27 heavy (non-hydrogen) atoms. The van der Waals surface area contributed by atoms with Gasteiger partial charge in [-0.15, -0.1) is 0 Å². The van der Waals surface area contributed by atoms with Gasteiger partial charge in [-0.3, -0.25) is 25.8 Å². The molecule has 1 heterocycles. The summed E-state index contributed by atoms with van der Waals surface area (Å²) in [7, 11) is 0. The van der Waals surface area contributed by atoms with Crippen LogP contribution in [0, 0.1) is 0 Å². The summed E-state index contributed by atoms with van der Waals surface area (Å²) in [5, 5.41) is 2.35. The third-order valence-electron chi connectivity index (χ3n) is 3.39. The van der Waals surface area contributed by atoms with Crippen LogP contribution in [0.4, 0.5) is 0 Å². The van der Waals surface area contributed by atoms with Crippen molar-refractivity contribution in [1.82, 2.24) is 16.2 Å². The number of para-hydroxylation sites is 1. The number of amides is 2. The molecule has 0 spiro atoms. The van der Waals surface area contributed by atoms with Gasteiger partial charge < -0.3 is 9.15 Å². The molecular formula is C19H21N3O4S. The molecule has 0 saturated carbocycles. The van der Waals surface area contributed by atoms with Crippen molar-refractivity contribution in [1.29, 1.82) is 0 Å². The van der Waals surface area contributed by atoms with Gasteiger partial charge in [0.15, 0.2) is 11.7 Å². The Hall–Kier alpha value is -3.13. The average Bonchev–Trinajstić information content (AvgIpc) is 3.17. The summed E-state index contributed by atoms with van der Waals surface area (Å²) in [6.45, 7) is 3.90. The molecule has 0 bridgehead atoms.